The molecule has 0 bridgehead atoms. The minimum absolute atomic E-state index is 0.0110. The number of benzene rings is 2. The summed E-state index contributed by atoms with van der Waals surface area (Å²) in [6.07, 6.45) is -0.692. The van der Waals surface area contributed by atoms with Crippen LogP contribution in [0.4, 0.5) is 11.6 Å². The maximum Gasteiger partial charge on any atom is 0.277 e. The molecule has 170 valence electrons. The van der Waals surface area contributed by atoms with Crippen molar-refractivity contribution in [2.45, 2.75) is 32.0 Å². The van der Waals surface area contributed by atoms with E-state index in [0.29, 0.717) is 11.3 Å². The predicted octanol–water partition coefficient (Wildman–Crippen LogP) is 4.03. The fourth-order valence-electron chi connectivity index (χ4n) is 3.01. The van der Waals surface area contributed by atoms with E-state index in [-0.39, 0.29) is 27.6 Å². The van der Waals surface area contributed by atoms with Crippen molar-refractivity contribution in [3.63, 3.8) is 0 Å². The summed E-state index contributed by atoms with van der Waals surface area (Å²) in [7, 11) is -2.86. The Morgan fingerprint density at radius 3 is 2.34 bits per heavy atom. The van der Waals surface area contributed by atoms with Crippen LogP contribution in [-0.2, 0) is 19.5 Å². The summed E-state index contributed by atoms with van der Waals surface area (Å²) in [4.78, 5) is 10.9. The SMILES string of the molecule is COC(C)OCN(c1onc(C)c1C)S(=O)(=O)c1ccccc1-c1ccccc1[N+](=O)[O-]. The van der Waals surface area contributed by atoms with Crippen LogP contribution in [-0.4, -0.2) is 38.6 Å². The van der Waals surface area contributed by atoms with Gasteiger partial charge in [0.1, 0.15) is 6.73 Å². The van der Waals surface area contributed by atoms with Crippen LogP contribution in [0.2, 0.25) is 0 Å². The highest BCUT2D eigenvalue weighted by Gasteiger charge is 2.33. The Kier molecular flexibility index (Phi) is 6.92. The third kappa shape index (κ3) is 4.49. The van der Waals surface area contributed by atoms with Crippen LogP contribution in [0, 0.1) is 24.0 Å². The van der Waals surface area contributed by atoms with Gasteiger partial charge in [-0.2, -0.15) is 0 Å². The third-order valence-electron chi connectivity index (χ3n) is 4.96. The summed E-state index contributed by atoms with van der Waals surface area (Å²) in [5, 5.41) is 15.4. The predicted molar refractivity (Wildman–Crippen MR) is 117 cm³/mol. The largest absolute Gasteiger partial charge is 0.356 e. The van der Waals surface area contributed by atoms with Crippen molar-refractivity contribution < 1.29 is 27.3 Å². The van der Waals surface area contributed by atoms with E-state index in [1.807, 2.05) is 0 Å². The standard InChI is InChI=1S/C21H23N3O7S/c1-14-15(2)22-31-21(14)23(13-30-16(3)29-4)32(27,28)20-12-8-6-10-18(20)17-9-5-7-11-19(17)24(25)26/h5-12,16H,13H2,1-4H3. The van der Waals surface area contributed by atoms with Gasteiger partial charge in [-0.05, 0) is 32.9 Å². The average Bonchev–Trinajstić information content (AvgIpc) is 3.11. The van der Waals surface area contributed by atoms with Gasteiger partial charge in [0.15, 0.2) is 6.29 Å². The lowest BCUT2D eigenvalue weighted by molar-refractivity contribution is -0.384. The van der Waals surface area contributed by atoms with Crippen LogP contribution in [0.1, 0.15) is 18.2 Å². The zero-order valence-electron chi connectivity index (χ0n) is 18.0. The van der Waals surface area contributed by atoms with E-state index < -0.39 is 28.0 Å². The first kappa shape index (κ1) is 23.4. The number of ether oxygens (including phenoxy) is 2. The maximum atomic E-state index is 13.8. The van der Waals surface area contributed by atoms with Gasteiger partial charge in [-0.3, -0.25) is 10.1 Å². The molecule has 3 aromatic rings. The van der Waals surface area contributed by atoms with Gasteiger partial charge >= 0.3 is 0 Å². The van der Waals surface area contributed by atoms with E-state index in [4.69, 9.17) is 14.0 Å². The van der Waals surface area contributed by atoms with Crippen LogP contribution in [0.25, 0.3) is 11.1 Å². The molecule has 3 rings (SSSR count). The Morgan fingerprint density at radius 1 is 1.12 bits per heavy atom. The lowest BCUT2D eigenvalue weighted by Gasteiger charge is -2.24. The number of methoxy groups -OCH3 is 1. The lowest BCUT2D eigenvalue weighted by atomic mass is 10.0. The Balaban J connectivity index is 2.19. The molecule has 1 heterocycles. The van der Waals surface area contributed by atoms with Gasteiger partial charge in [-0.25, -0.2) is 12.7 Å². The molecule has 0 saturated heterocycles. The number of nitro benzene ring substituents is 1. The molecule has 32 heavy (non-hydrogen) atoms. The van der Waals surface area contributed by atoms with E-state index in [9.17, 15) is 18.5 Å². The zero-order valence-corrected chi connectivity index (χ0v) is 18.8. The van der Waals surface area contributed by atoms with Crippen molar-refractivity contribution in [2.24, 2.45) is 0 Å². The Labute approximate surface area is 185 Å². The zero-order chi connectivity index (χ0) is 23.5. The number of nitro groups is 1. The highest BCUT2D eigenvalue weighted by atomic mass is 32.2. The molecule has 0 spiro atoms. The molecule has 1 aromatic heterocycles. The van der Waals surface area contributed by atoms with E-state index in [1.165, 1.54) is 37.4 Å². The first-order chi connectivity index (χ1) is 15.2. The average molecular weight is 461 g/mol. The van der Waals surface area contributed by atoms with Crippen molar-refractivity contribution >= 4 is 21.6 Å². The summed E-state index contributed by atoms with van der Waals surface area (Å²) in [6, 6.07) is 12.0. The van der Waals surface area contributed by atoms with Gasteiger partial charge in [-0.1, -0.05) is 35.5 Å². The van der Waals surface area contributed by atoms with E-state index in [2.05, 4.69) is 5.16 Å². The molecule has 0 fully saturated rings. The molecule has 11 heteroatoms. The molecule has 0 N–H and O–H groups in total. The van der Waals surface area contributed by atoms with E-state index in [0.717, 1.165) is 4.31 Å². The second-order valence-corrected chi connectivity index (χ2v) is 8.75. The molecule has 0 saturated carbocycles. The molecular formula is C21H23N3O7S. The second kappa shape index (κ2) is 9.47. The van der Waals surface area contributed by atoms with Crippen molar-refractivity contribution in [2.75, 3.05) is 18.1 Å². The minimum atomic E-state index is -4.29. The fraction of sp³-hybridized carbons (Fsp3) is 0.286. The first-order valence-corrected chi connectivity index (χ1v) is 11.0. The molecule has 0 amide bonds. The smallest absolute Gasteiger partial charge is 0.277 e. The summed E-state index contributed by atoms with van der Waals surface area (Å²) in [5.74, 6) is -0.0110. The molecule has 1 unspecified atom stereocenters. The Morgan fingerprint density at radius 2 is 1.75 bits per heavy atom. The van der Waals surface area contributed by atoms with Crippen LogP contribution >= 0.6 is 0 Å². The summed E-state index contributed by atoms with van der Waals surface area (Å²) in [5.41, 5.74) is 1.18. The van der Waals surface area contributed by atoms with Crippen LogP contribution < -0.4 is 4.31 Å². The molecule has 0 aliphatic heterocycles. The normalized spacial score (nSPS) is 12.5. The Bertz CT molecular complexity index is 1220. The topological polar surface area (TPSA) is 125 Å². The molecule has 2 aromatic carbocycles. The van der Waals surface area contributed by atoms with Gasteiger partial charge in [0.05, 0.1) is 21.1 Å². The minimum Gasteiger partial charge on any atom is -0.356 e. The molecular weight excluding hydrogens is 438 g/mol. The van der Waals surface area contributed by atoms with Gasteiger partial charge in [-0.15, -0.1) is 0 Å². The highest BCUT2D eigenvalue weighted by Crippen LogP contribution is 2.37. The van der Waals surface area contributed by atoms with Gasteiger partial charge < -0.3 is 14.0 Å². The molecule has 0 aliphatic rings. The number of hydrogen-bond donors (Lipinski definition) is 0. The molecule has 10 nitrogen and oxygen atoms in total. The number of sulfonamides is 1. The molecule has 0 radical (unpaired) electrons. The van der Waals surface area contributed by atoms with E-state index in [1.54, 1.807) is 39.0 Å². The van der Waals surface area contributed by atoms with Crippen molar-refractivity contribution in [3.05, 3.63) is 69.9 Å². The van der Waals surface area contributed by atoms with Crippen molar-refractivity contribution in [1.29, 1.82) is 0 Å². The first-order valence-electron chi connectivity index (χ1n) is 9.61. The van der Waals surface area contributed by atoms with Crippen molar-refractivity contribution in [1.82, 2.24) is 5.16 Å². The number of anilines is 1. The fourth-order valence-corrected chi connectivity index (χ4v) is 4.54. The highest BCUT2D eigenvalue weighted by molar-refractivity contribution is 7.93. The number of para-hydroxylation sites is 1. The molecule has 0 aliphatic carbocycles. The monoisotopic (exact) mass is 461 g/mol. The number of nitrogens with zero attached hydrogens (tertiary/aromatic N) is 3. The number of aryl methyl sites for hydroxylation is 1. The summed E-state index contributed by atoms with van der Waals surface area (Å²) < 4.78 is 44.5. The maximum absolute atomic E-state index is 13.8. The van der Waals surface area contributed by atoms with Gasteiger partial charge in [0.25, 0.3) is 15.7 Å². The number of rotatable bonds is 9. The Hall–Kier alpha value is -3.28. The summed E-state index contributed by atoms with van der Waals surface area (Å²) in [6.45, 7) is 4.56. The quantitative estimate of drug-likeness (QED) is 0.266. The van der Waals surface area contributed by atoms with Gasteiger partial charge in [0.2, 0.25) is 5.88 Å². The van der Waals surface area contributed by atoms with E-state index >= 15 is 0 Å². The van der Waals surface area contributed by atoms with Crippen LogP contribution in [0.5, 0.6) is 0 Å². The second-order valence-electron chi connectivity index (χ2n) is 6.92. The summed E-state index contributed by atoms with van der Waals surface area (Å²) >= 11 is 0. The van der Waals surface area contributed by atoms with Crippen LogP contribution in [0.3, 0.4) is 0 Å². The lowest BCUT2D eigenvalue weighted by Crippen LogP contribution is -2.35. The third-order valence-corrected chi connectivity index (χ3v) is 6.73. The molecule has 1 atom stereocenters. The van der Waals surface area contributed by atoms with Crippen LogP contribution in [0.15, 0.2) is 57.9 Å². The number of hydrogen-bond acceptors (Lipinski definition) is 8. The number of aromatic nitrogens is 1. The van der Waals surface area contributed by atoms with Gasteiger partial charge in [0, 0.05) is 24.3 Å². The van der Waals surface area contributed by atoms with Crippen molar-refractivity contribution in [3.8, 4) is 11.1 Å².